The summed E-state index contributed by atoms with van der Waals surface area (Å²) in [6.07, 6.45) is 3.24. The van der Waals surface area contributed by atoms with Gasteiger partial charge in [-0.3, -0.25) is 9.36 Å². The summed E-state index contributed by atoms with van der Waals surface area (Å²) >= 11 is 1.97. The monoisotopic (exact) mass is 729 g/mol. The van der Waals surface area contributed by atoms with E-state index in [9.17, 15) is 15.0 Å². The highest BCUT2D eigenvalue weighted by molar-refractivity contribution is 8.00. The maximum Gasteiger partial charge on any atom is 0.256 e. The van der Waals surface area contributed by atoms with E-state index < -0.39 is 24.5 Å². The second kappa shape index (κ2) is 17.3. The van der Waals surface area contributed by atoms with Crippen LogP contribution in [0.1, 0.15) is 59.0 Å². The molecule has 0 bridgehead atoms. The van der Waals surface area contributed by atoms with Crippen LogP contribution in [-0.4, -0.2) is 72.9 Å². The van der Waals surface area contributed by atoms with Gasteiger partial charge in [0.15, 0.2) is 23.2 Å². The number of carbonyl (C=O) groups excluding carboxylic acids is 1. The largest absolute Gasteiger partial charge is 0.394 e. The Morgan fingerprint density at radius 2 is 1.38 bits per heavy atom. The van der Waals surface area contributed by atoms with Gasteiger partial charge in [-0.2, -0.15) is 0 Å². The second-order valence-corrected chi connectivity index (χ2v) is 14.3. The number of nitrogens with one attached hydrogen (secondary N) is 1. The predicted molar refractivity (Wildman–Crippen MR) is 207 cm³/mol. The molecule has 2 aromatic heterocycles. The van der Waals surface area contributed by atoms with Crippen LogP contribution < -0.4 is 5.32 Å². The Morgan fingerprint density at radius 1 is 0.792 bits per heavy atom. The number of fused-ring (bicyclic) bond motifs is 1. The van der Waals surface area contributed by atoms with Crippen molar-refractivity contribution >= 4 is 34.7 Å². The average molecular weight is 730 g/mol. The number of benzene rings is 4. The number of ether oxygens (including phenoxy) is 2. The number of thioether (sulfide) groups is 1. The van der Waals surface area contributed by atoms with Crippen LogP contribution in [0.25, 0.3) is 11.2 Å². The molecule has 1 aliphatic rings. The van der Waals surface area contributed by atoms with Gasteiger partial charge in [-0.05, 0) is 47.4 Å². The van der Waals surface area contributed by atoms with Crippen LogP contribution in [0, 0.1) is 0 Å². The first kappa shape index (κ1) is 36.4. The smallest absolute Gasteiger partial charge is 0.256 e. The zero-order valence-corrected chi connectivity index (χ0v) is 30.1. The van der Waals surface area contributed by atoms with E-state index in [0.717, 1.165) is 31.4 Å². The van der Waals surface area contributed by atoms with Gasteiger partial charge in [-0.15, -0.1) is 11.8 Å². The first-order valence-corrected chi connectivity index (χ1v) is 19.0. The summed E-state index contributed by atoms with van der Waals surface area (Å²) in [7, 11) is 0. The number of imidazole rings is 1. The van der Waals surface area contributed by atoms with Crippen molar-refractivity contribution in [3.05, 3.63) is 156 Å². The number of hydrogen-bond acceptors (Lipinski definition) is 9. The summed E-state index contributed by atoms with van der Waals surface area (Å²) in [6.45, 7) is 0.0421. The van der Waals surface area contributed by atoms with Crippen LogP contribution in [-0.2, 0) is 14.2 Å². The fourth-order valence-electron chi connectivity index (χ4n) is 6.94. The Hall–Kier alpha value is -4.91. The molecule has 3 heterocycles. The average Bonchev–Trinajstić information content (AvgIpc) is 3.79. The number of nitrogens with zero attached hydrogens (tertiary/aromatic N) is 4. The molecule has 1 saturated heterocycles. The minimum atomic E-state index is -1.06. The number of hydrogen-bond donors (Lipinski definition) is 3. The van der Waals surface area contributed by atoms with Crippen LogP contribution in [0.2, 0.25) is 0 Å². The Labute approximate surface area is 313 Å². The van der Waals surface area contributed by atoms with Gasteiger partial charge in [-0.1, -0.05) is 122 Å². The van der Waals surface area contributed by atoms with Gasteiger partial charge in [0.05, 0.1) is 17.7 Å². The minimum Gasteiger partial charge on any atom is -0.394 e. The van der Waals surface area contributed by atoms with Crippen molar-refractivity contribution in [2.24, 2.45) is 0 Å². The van der Waals surface area contributed by atoms with E-state index in [1.165, 1.54) is 29.3 Å². The van der Waals surface area contributed by atoms with E-state index in [0.29, 0.717) is 23.3 Å². The summed E-state index contributed by atoms with van der Waals surface area (Å²) in [5.41, 5.74) is 5.04. The zero-order valence-electron chi connectivity index (χ0n) is 29.3. The third-order valence-corrected chi connectivity index (χ3v) is 11.2. The second-order valence-electron chi connectivity index (χ2n) is 13.0. The van der Waals surface area contributed by atoms with E-state index in [2.05, 4.69) is 111 Å². The molecular weight excluding hydrogens is 687 g/mol. The van der Waals surface area contributed by atoms with Crippen LogP contribution in [0.5, 0.6) is 0 Å². The highest BCUT2D eigenvalue weighted by Crippen LogP contribution is 2.48. The van der Waals surface area contributed by atoms with Crippen LogP contribution in [0.3, 0.4) is 0 Å². The molecule has 1 amide bonds. The molecule has 4 aromatic carbocycles. The third-order valence-electron chi connectivity index (χ3n) is 9.60. The molecule has 11 heteroatoms. The molecule has 2 unspecified atom stereocenters. The maximum absolute atomic E-state index is 12.8. The molecule has 1 aliphatic heterocycles. The lowest BCUT2D eigenvalue weighted by atomic mass is 9.84. The van der Waals surface area contributed by atoms with Crippen molar-refractivity contribution < 1.29 is 24.5 Å². The van der Waals surface area contributed by atoms with E-state index in [1.54, 1.807) is 28.8 Å². The summed E-state index contributed by atoms with van der Waals surface area (Å²) in [6, 6.07) is 41.1. The summed E-state index contributed by atoms with van der Waals surface area (Å²) in [4.78, 5) is 26.0. The number of amides is 1. The van der Waals surface area contributed by atoms with Gasteiger partial charge in [0.25, 0.3) is 5.91 Å². The quantitative estimate of drug-likeness (QED) is 0.0712. The summed E-state index contributed by atoms with van der Waals surface area (Å²) in [5.74, 6) is 0.901. The normalized spacial score (nSPS) is 18.7. The van der Waals surface area contributed by atoms with Gasteiger partial charge in [0, 0.05) is 12.2 Å². The number of anilines is 1. The molecule has 0 radical (unpaired) electrons. The Bertz CT molecular complexity index is 1960. The highest BCUT2D eigenvalue weighted by Gasteiger charge is 2.46. The van der Waals surface area contributed by atoms with Gasteiger partial charge in [0.1, 0.15) is 24.6 Å². The number of aromatic nitrogens is 4. The molecule has 0 aliphatic carbocycles. The van der Waals surface area contributed by atoms with E-state index in [4.69, 9.17) is 9.47 Å². The van der Waals surface area contributed by atoms with Crippen molar-refractivity contribution in [1.82, 2.24) is 19.5 Å². The number of carbonyl (C=O) groups is 1. The maximum atomic E-state index is 12.8. The van der Waals surface area contributed by atoms with Crippen LogP contribution in [0.15, 0.2) is 134 Å². The number of unbranched alkanes of at least 4 members (excludes halogenated alkanes) is 3. The Morgan fingerprint density at radius 3 is 1.98 bits per heavy atom. The zero-order chi connectivity index (χ0) is 36.5. The van der Waals surface area contributed by atoms with E-state index in [-0.39, 0.29) is 23.1 Å². The molecular formula is C42H43N5O5S. The molecule has 0 saturated carbocycles. The van der Waals surface area contributed by atoms with E-state index in [1.807, 2.05) is 17.8 Å². The lowest BCUT2D eigenvalue weighted by molar-refractivity contribution is -0.0711. The van der Waals surface area contributed by atoms with Crippen molar-refractivity contribution in [3.63, 3.8) is 0 Å². The van der Waals surface area contributed by atoms with E-state index >= 15 is 0 Å². The van der Waals surface area contributed by atoms with Crippen molar-refractivity contribution in [2.45, 2.75) is 55.0 Å². The fraction of sp³-hybridized carbons (Fsp3) is 0.286. The van der Waals surface area contributed by atoms with Crippen molar-refractivity contribution in [1.29, 1.82) is 0 Å². The number of aliphatic hydroxyl groups is 2. The minimum absolute atomic E-state index is 0.254. The highest BCUT2D eigenvalue weighted by atomic mass is 32.2. The third kappa shape index (κ3) is 7.90. The molecule has 10 nitrogen and oxygen atoms in total. The standard InChI is InChI=1S/C42H43N5O5S/c48-27-34-36(49)37(41(52-34)47-29-45-35-38(43-28-44-39(35)47)46-40(50)30-17-7-3-8-18-30)51-25-15-1-2-16-26-53-42(31-19-9-4-10-20-31,32-21-11-5-12-22-32)33-23-13-6-14-24-33/h3-14,17-24,28-29,34,36-37,41,48-49H,1-2,15-16,25-27H2,(H,43,44,46,50)/t34-,36?,37?,41-/m1/s1. The molecule has 3 N–H and O–H groups in total. The number of aliphatic hydroxyl groups excluding tert-OH is 2. The first-order chi connectivity index (χ1) is 26.1. The number of rotatable bonds is 16. The van der Waals surface area contributed by atoms with Gasteiger partial charge < -0.3 is 25.0 Å². The van der Waals surface area contributed by atoms with Gasteiger partial charge in [0.2, 0.25) is 0 Å². The lowest BCUT2D eigenvalue weighted by Crippen LogP contribution is -2.35. The van der Waals surface area contributed by atoms with Crippen LogP contribution in [0.4, 0.5) is 5.82 Å². The SMILES string of the molecule is O=C(Nc1ncnc2c1ncn2[C@@H]1O[C@H](CO)C(O)C1OCCCCCCSC(c1ccccc1)(c1ccccc1)c1ccccc1)c1ccccc1. The molecule has 7 rings (SSSR count). The molecule has 4 atom stereocenters. The molecule has 0 spiro atoms. The topological polar surface area (TPSA) is 132 Å². The fourth-order valence-corrected chi connectivity index (χ4v) is 8.51. The van der Waals surface area contributed by atoms with Gasteiger partial charge in [-0.25, -0.2) is 15.0 Å². The van der Waals surface area contributed by atoms with Crippen molar-refractivity contribution in [3.8, 4) is 0 Å². The Balaban J connectivity index is 0.969. The lowest BCUT2D eigenvalue weighted by Gasteiger charge is -2.35. The van der Waals surface area contributed by atoms with Gasteiger partial charge >= 0.3 is 0 Å². The molecule has 272 valence electrons. The molecule has 53 heavy (non-hydrogen) atoms. The Kier molecular flexibility index (Phi) is 11.9. The molecule has 6 aromatic rings. The van der Waals surface area contributed by atoms with Crippen LogP contribution >= 0.6 is 11.8 Å². The first-order valence-electron chi connectivity index (χ1n) is 18.0. The predicted octanol–water partition coefficient (Wildman–Crippen LogP) is 7.00. The summed E-state index contributed by atoms with van der Waals surface area (Å²) < 4.78 is 13.7. The van der Waals surface area contributed by atoms with Crippen molar-refractivity contribution in [2.75, 3.05) is 24.3 Å². The summed E-state index contributed by atoms with van der Waals surface area (Å²) in [5, 5.41) is 23.9. The molecule has 1 fully saturated rings.